The van der Waals surface area contributed by atoms with Crippen LogP contribution in [0.25, 0.3) is 0 Å². The zero-order valence-corrected chi connectivity index (χ0v) is 11.2. The molecule has 0 aliphatic rings. The van der Waals surface area contributed by atoms with Gasteiger partial charge in [-0.1, -0.05) is 19.1 Å². The summed E-state index contributed by atoms with van der Waals surface area (Å²) in [5.41, 5.74) is 1.28. The molecule has 0 radical (unpaired) electrons. The third-order valence-electron chi connectivity index (χ3n) is 2.68. The minimum Gasteiger partial charge on any atom is -0.328 e. The van der Waals surface area contributed by atoms with Crippen LogP contribution in [-0.2, 0) is 16.4 Å². The van der Waals surface area contributed by atoms with Crippen LogP contribution in [0.4, 0.5) is 5.69 Å². The Kier molecular flexibility index (Phi) is 3.71. The highest BCUT2D eigenvalue weighted by Gasteiger charge is 2.13. The molecular formula is C13H14N2O3S. The standard InChI is InChI=1S/C13H14N2O3S/c1-2-10-3-5-11(6-4-10)15-19(17,18)12-7-8-13(16)14-9-12/h3-9,15H,2H2,1H3,(H,14,16). The Morgan fingerprint density at radius 2 is 1.79 bits per heavy atom. The summed E-state index contributed by atoms with van der Waals surface area (Å²) in [5.74, 6) is 0. The Balaban J connectivity index is 2.25. The summed E-state index contributed by atoms with van der Waals surface area (Å²) in [6.45, 7) is 2.03. The number of rotatable bonds is 4. The molecule has 0 bridgehead atoms. The highest BCUT2D eigenvalue weighted by molar-refractivity contribution is 7.92. The second-order valence-electron chi connectivity index (χ2n) is 4.04. The van der Waals surface area contributed by atoms with Crippen molar-refractivity contribution in [1.82, 2.24) is 4.98 Å². The third kappa shape index (κ3) is 3.23. The van der Waals surface area contributed by atoms with Crippen molar-refractivity contribution in [3.8, 4) is 0 Å². The maximum absolute atomic E-state index is 12.0. The zero-order valence-electron chi connectivity index (χ0n) is 10.4. The Labute approximate surface area is 111 Å². The van der Waals surface area contributed by atoms with Crippen LogP contribution in [0, 0.1) is 0 Å². The molecule has 0 spiro atoms. The van der Waals surface area contributed by atoms with Crippen molar-refractivity contribution in [2.75, 3.05) is 4.72 Å². The molecule has 0 amide bonds. The molecule has 2 rings (SSSR count). The van der Waals surface area contributed by atoms with Gasteiger partial charge in [0.15, 0.2) is 0 Å². The number of sulfonamides is 1. The number of hydrogen-bond donors (Lipinski definition) is 2. The van der Waals surface area contributed by atoms with Gasteiger partial charge in [0, 0.05) is 18.0 Å². The smallest absolute Gasteiger partial charge is 0.263 e. The van der Waals surface area contributed by atoms with Gasteiger partial charge in [-0.3, -0.25) is 9.52 Å². The fourth-order valence-electron chi connectivity index (χ4n) is 1.59. The molecule has 0 saturated heterocycles. The second kappa shape index (κ2) is 5.27. The normalized spacial score (nSPS) is 11.2. The van der Waals surface area contributed by atoms with Gasteiger partial charge in [0.2, 0.25) is 5.56 Å². The van der Waals surface area contributed by atoms with Crippen LogP contribution in [0.15, 0.2) is 52.3 Å². The number of aromatic amines is 1. The molecule has 100 valence electrons. The Morgan fingerprint density at radius 1 is 1.11 bits per heavy atom. The van der Waals surface area contributed by atoms with E-state index in [1.54, 1.807) is 12.1 Å². The summed E-state index contributed by atoms with van der Waals surface area (Å²) in [7, 11) is -3.67. The summed E-state index contributed by atoms with van der Waals surface area (Å²) in [4.78, 5) is 13.3. The lowest BCUT2D eigenvalue weighted by molar-refractivity contribution is 0.600. The number of aromatic nitrogens is 1. The van der Waals surface area contributed by atoms with Gasteiger partial charge >= 0.3 is 0 Å². The van der Waals surface area contributed by atoms with Crippen molar-refractivity contribution in [2.45, 2.75) is 18.2 Å². The van der Waals surface area contributed by atoms with Gasteiger partial charge < -0.3 is 4.98 Å². The second-order valence-corrected chi connectivity index (χ2v) is 5.73. The van der Waals surface area contributed by atoms with Gasteiger partial charge in [0.25, 0.3) is 10.0 Å². The number of hydrogen-bond acceptors (Lipinski definition) is 3. The molecule has 0 fully saturated rings. The molecule has 1 heterocycles. The van der Waals surface area contributed by atoms with Crippen LogP contribution in [0.1, 0.15) is 12.5 Å². The molecule has 19 heavy (non-hydrogen) atoms. The Morgan fingerprint density at radius 3 is 2.32 bits per heavy atom. The van der Waals surface area contributed by atoms with Crippen molar-refractivity contribution in [3.05, 3.63) is 58.5 Å². The van der Waals surface area contributed by atoms with Gasteiger partial charge in [-0.05, 0) is 30.2 Å². The highest BCUT2D eigenvalue weighted by Crippen LogP contribution is 2.15. The molecule has 1 aromatic carbocycles. The molecule has 0 saturated carbocycles. The van der Waals surface area contributed by atoms with E-state index in [0.717, 1.165) is 12.0 Å². The first kappa shape index (κ1) is 13.4. The van der Waals surface area contributed by atoms with E-state index in [2.05, 4.69) is 9.71 Å². The number of pyridine rings is 1. The number of anilines is 1. The fourth-order valence-corrected chi connectivity index (χ4v) is 2.61. The van der Waals surface area contributed by atoms with E-state index in [0.29, 0.717) is 5.69 Å². The Hall–Kier alpha value is -2.08. The molecule has 6 heteroatoms. The fraction of sp³-hybridized carbons (Fsp3) is 0.154. The van der Waals surface area contributed by atoms with Gasteiger partial charge in [-0.25, -0.2) is 8.42 Å². The van der Waals surface area contributed by atoms with Crippen LogP contribution >= 0.6 is 0 Å². The Bertz CT molecular complexity index is 698. The average Bonchev–Trinajstić information content (AvgIpc) is 2.40. The predicted molar refractivity (Wildman–Crippen MR) is 73.7 cm³/mol. The van der Waals surface area contributed by atoms with Crippen molar-refractivity contribution in [2.24, 2.45) is 0 Å². The van der Waals surface area contributed by atoms with Gasteiger partial charge in [-0.2, -0.15) is 0 Å². The van der Waals surface area contributed by atoms with Crippen LogP contribution in [0.5, 0.6) is 0 Å². The first-order valence-corrected chi connectivity index (χ1v) is 7.30. The topological polar surface area (TPSA) is 79.0 Å². The van der Waals surface area contributed by atoms with E-state index in [4.69, 9.17) is 0 Å². The molecule has 2 N–H and O–H groups in total. The monoisotopic (exact) mass is 278 g/mol. The SMILES string of the molecule is CCc1ccc(NS(=O)(=O)c2ccc(=O)[nH]c2)cc1. The van der Waals surface area contributed by atoms with Crippen LogP contribution in [0.2, 0.25) is 0 Å². The van der Waals surface area contributed by atoms with Crippen LogP contribution < -0.4 is 10.3 Å². The van der Waals surface area contributed by atoms with Crippen molar-refractivity contribution in [3.63, 3.8) is 0 Å². The van der Waals surface area contributed by atoms with Crippen LogP contribution in [0.3, 0.4) is 0 Å². The first-order chi connectivity index (χ1) is 9.01. The lowest BCUT2D eigenvalue weighted by Gasteiger charge is -2.08. The average molecular weight is 278 g/mol. The van der Waals surface area contributed by atoms with Gasteiger partial charge in [0.05, 0.1) is 0 Å². The number of aryl methyl sites for hydroxylation is 1. The molecule has 0 atom stereocenters. The minimum atomic E-state index is -3.67. The lowest BCUT2D eigenvalue weighted by Crippen LogP contribution is -2.15. The largest absolute Gasteiger partial charge is 0.328 e. The molecule has 0 aliphatic heterocycles. The van der Waals surface area contributed by atoms with Crippen LogP contribution in [-0.4, -0.2) is 13.4 Å². The summed E-state index contributed by atoms with van der Waals surface area (Å²) in [5, 5.41) is 0. The third-order valence-corrected chi connectivity index (χ3v) is 4.06. The maximum Gasteiger partial charge on any atom is 0.263 e. The van der Waals surface area contributed by atoms with E-state index in [1.165, 1.54) is 18.3 Å². The summed E-state index contributed by atoms with van der Waals surface area (Å²) < 4.78 is 26.5. The first-order valence-electron chi connectivity index (χ1n) is 5.82. The van der Waals surface area contributed by atoms with Crippen molar-refractivity contribution in [1.29, 1.82) is 0 Å². The van der Waals surface area contributed by atoms with E-state index in [1.807, 2.05) is 19.1 Å². The highest BCUT2D eigenvalue weighted by atomic mass is 32.2. The van der Waals surface area contributed by atoms with Crippen molar-refractivity contribution < 1.29 is 8.42 Å². The number of benzene rings is 1. The van der Waals surface area contributed by atoms with Gasteiger partial charge in [0.1, 0.15) is 4.90 Å². The molecule has 2 aromatic rings. The number of nitrogens with one attached hydrogen (secondary N) is 2. The predicted octanol–water partition coefficient (Wildman–Crippen LogP) is 1.74. The van der Waals surface area contributed by atoms with E-state index < -0.39 is 10.0 Å². The molecule has 5 nitrogen and oxygen atoms in total. The summed E-state index contributed by atoms with van der Waals surface area (Å²) in [6, 6.07) is 9.59. The quantitative estimate of drug-likeness (QED) is 0.894. The summed E-state index contributed by atoms with van der Waals surface area (Å²) >= 11 is 0. The molecule has 1 aromatic heterocycles. The molecular weight excluding hydrogens is 264 g/mol. The van der Waals surface area contributed by atoms with E-state index in [9.17, 15) is 13.2 Å². The maximum atomic E-state index is 12.0. The van der Waals surface area contributed by atoms with Gasteiger partial charge in [-0.15, -0.1) is 0 Å². The lowest BCUT2D eigenvalue weighted by atomic mass is 10.2. The minimum absolute atomic E-state index is 0.0201. The number of H-pyrrole nitrogens is 1. The summed E-state index contributed by atoms with van der Waals surface area (Å²) in [6.07, 6.45) is 2.07. The van der Waals surface area contributed by atoms with E-state index in [-0.39, 0.29) is 10.5 Å². The molecule has 0 aliphatic carbocycles. The molecule has 0 unspecified atom stereocenters. The van der Waals surface area contributed by atoms with Crippen molar-refractivity contribution >= 4 is 15.7 Å². The zero-order chi connectivity index (χ0) is 13.9. The van der Waals surface area contributed by atoms with E-state index >= 15 is 0 Å².